The molecule has 0 radical (unpaired) electrons. The highest BCUT2D eigenvalue weighted by atomic mass is 15.3. The van der Waals surface area contributed by atoms with Gasteiger partial charge in [-0.05, 0) is 29.0 Å². The molecule has 26 heavy (non-hydrogen) atoms. The highest BCUT2D eigenvalue weighted by molar-refractivity contribution is 5.92. The predicted octanol–water partition coefficient (Wildman–Crippen LogP) is 4.04. The summed E-state index contributed by atoms with van der Waals surface area (Å²) in [4.78, 5) is 13.2. The van der Waals surface area contributed by atoms with Crippen molar-refractivity contribution in [1.82, 2.24) is 14.9 Å². The summed E-state index contributed by atoms with van der Waals surface area (Å²) >= 11 is 0. The van der Waals surface area contributed by atoms with Crippen LogP contribution in [0.5, 0.6) is 0 Å². The van der Waals surface area contributed by atoms with Crippen molar-refractivity contribution in [3.63, 3.8) is 0 Å². The number of nitrogens with one attached hydrogen (secondary N) is 1. The van der Waals surface area contributed by atoms with Crippen LogP contribution in [0.2, 0.25) is 0 Å². The first kappa shape index (κ1) is 15.4. The van der Waals surface area contributed by atoms with E-state index in [2.05, 4.69) is 80.4 Å². The third kappa shape index (κ3) is 2.82. The largest absolute Gasteiger partial charge is 0.357 e. The monoisotopic (exact) mass is 342 g/mol. The van der Waals surface area contributed by atoms with Crippen LogP contribution in [-0.4, -0.2) is 41.0 Å². The zero-order chi connectivity index (χ0) is 17.3. The Balaban J connectivity index is 1.30. The minimum atomic E-state index is 0.978. The number of H-pyrrole nitrogens is 1. The Labute approximate surface area is 153 Å². The van der Waals surface area contributed by atoms with Gasteiger partial charge in [-0.2, -0.15) is 0 Å². The van der Waals surface area contributed by atoms with E-state index in [1.54, 1.807) is 0 Å². The second-order valence-electron chi connectivity index (χ2n) is 7.00. The summed E-state index contributed by atoms with van der Waals surface area (Å²) in [5.74, 6) is 1.12. The number of fused-ring (bicyclic) bond motifs is 2. The number of para-hydroxylation sites is 1. The van der Waals surface area contributed by atoms with E-state index in [1.165, 1.54) is 27.4 Å². The fourth-order valence-corrected chi connectivity index (χ4v) is 3.93. The SMILES string of the molecule is c1ccc2[nH]c(CN3CCN(c4nccc5ccccc45)CC3)cc2c1. The number of hydrogen-bond donors (Lipinski definition) is 1. The topological polar surface area (TPSA) is 35.2 Å². The number of aromatic amines is 1. The van der Waals surface area contributed by atoms with Crippen LogP contribution < -0.4 is 4.90 Å². The summed E-state index contributed by atoms with van der Waals surface area (Å²) in [6, 6.07) is 21.4. The number of piperazine rings is 1. The summed E-state index contributed by atoms with van der Waals surface area (Å²) in [5.41, 5.74) is 2.52. The van der Waals surface area contributed by atoms with E-state index in [9.17, 15) is 0 Å². The Kier molecular flexibility index (Phi) is 3.83. The maximum atomic E-state index is 4.67. The molecular formula is C22H22N4. The quantitative estimate of drug-likeness (QED) is 0.610. The Morgan fingerprint density at radius 3 is 2.46 bits per heavy atom. The maximum Gasteiger partial charge on any atom is 0.136 e. The lowest BCUT2D eigenvalue weighted by Gasteiger charge is -2.35. The molecule has 4 heteroatoms. The number of anilines is 1. The number of hydrogen-bond acceptors (Lipinski definition) is 3. The van der Waals surface area contributed by atoms with Crippen LogP contribution in [0.1, 0.15) is 5.69 Å². The Bertz CT molecular complexity index is 1010. The van der Waals surface area contributed by atoms with Gasteiger partial charge in [0.2, 0.25) is 0 Å². The molecule has 0 saturated carbocycles. The molecule has 0 amide bonds. The molecule has 0 unspecified atom stereocenters. The molecule has 1 aliphatic heterocycles. The van der Waals surface area contributed by atoms with Gasteiger partial charge in [0, 0.05) is 55.5 Å². The molecule has 2 aromatic heterocycles. The molecule has 130 valence electrons. The van der Waals surface area contributed by atoms with E-state index in [1.807, 2.05) is 6.20 Å². The van der Waals surface area contributed by atoms with E-state index in [-0.39, 0.29) is 0 Å². The summed E-state index contributed by atoms with van der Waals surface area (Å²) in [6.45, 7) is 5.12. The number of nitrogens with zero attached hydrogens (tertiary/aromatic N) is 3. The molecule has 3 heterocycles. The van der Waals surface area contributed by atoms with Crippen molar-refractivity contribution in [2.24, 2.45) is 0 Å². The molecular weight excluding hydrogens is 320 g/mol. The van der Waals surface area contributed by atoms with Crippen molar-refractivity contribution >= 4 is 27.5 Å². The Hall–Kier alpha value is -2.85. The Morgan fingerprint density at radius 2 is 1.62 bits per heavy atom. The van der Waals surface area contributed by atoms with Gasteiger partial charge in [-0.25, -0.2) is 4.98 Å². The van der Waals surface area contributed by atoms with Crippen LogP contribution >= 0.6 is 0 Å². The van der Waals surface area contributed by atoms with Gasteiger partial charge in [-0.1, -0.05) is 42.5 Å². The lowest BCUT2D eigenvalue weighted by molar-refractivity contribution is 0.247. The van der Waals surface area contributed by atoms with E-state index >= 15 is 0 Å². The molecule has 0 atom stereocenters. The second kappa shape index (κ2) is 6.46. The molecule has 1 N–H and O–H groups in total. The standard InChI is InChI=1S/C22H22N4/c1-3-7-20-17(5-1)9-10-23-22(20)26-13-11-25(12-14-26)16-19-15-18-6-2-4-8-21(18)24-19/h1-10,15,24H,11-14,16H2. The van der Waals surface area contributed by atoms with Gasteiger partial charge < -0.3 is 9.88 Å². The molecule has 5 rings (SSSR count). The Morgan fingerprint density at radius 1 is 0.846 bits per heavy atom. The van der Waals surface area contributed by atoms with Crippen LogP contribution in [0.25, 0.3) is 21.7 Å². The van der Waals surface area contributed by atoms with Gasteiger partial charge in [0.15, 0.2) is 0 Å². The van der Waals surface area contributed by atoms with Crippen LogP contribution in [0.15, 0.2) is 66.9 Å². The summed E-state index contributed by atoms with van der Waals surface area (Å²) < 4.78 is 0. The normalized spacial score (nSPS) is 15.8. The zero-order valence-corrected chi connectivity index (χ0v) is 14.7. The average Bonchev–Trinajstić information content (AvgIpc) is 3.10. The fraction of sp³-hybridized carbons (Fsp3) is 0.227. The maximum absolute atomic E-state index is 4.67. The number of aromatic nitrogens is 2. The summed E-state index contributed by atoms with van der Waals surface area (Å²) in [7, 11) is 0. The van der Waals surface area contributed by atoms with E-state index in [4.69, 9.17) is 0 Å². The molecule has 0 aliphatic carbocycles. The highest BCUT2D eigenvalue weighted by Crippen LogP contribution is 2.25. The van der Waals surface area contributed by atoms with Crippen molar-refractivity contribution in [3.8, 4) is 0 Å². The van der Waals surface area contributed by atoms with Crippen LogP contribution in [0, 0.1) is 0 Å². The summed E-state index contributed by atoms with van der Waals surface area (Å²) in [5, 5.41) is 3.80. The molecule has 2 aromatic carbocycles. The van der Waals surface area contributed by atoms with Gasteiger partial charge >= 0.3 is 0 Å². The molecule has 4 nitrogen and oxygen atoms in total. The lowest BCUT2D eigenvalue weighted by atomic mass is 10.1. The van der Waals surface area contributed by atoms with Gasteiger partial charge in [-0.15, -0.1) is 0 Å². The minimum Gasteiger partial charge on any atom is -0.357 e. The van der Waals surface area contributed by atoms with Crippen molar-refractivity contribution in [1.29, 1.82) is 0 Å². The van der Waals surface area contributed by atoms with Gasteiger partial charge in [0.1, 0.15) is 5.82 Å². The first-order valence-corrected chi connectivity index (χ1v) is 9.24. The predicted molar refractivity (Wildman–Crippen MR) is 108 cm³/mol. The average molecular weight is 342 g/mol. The molecule has 4 aromatic rings. The minimum absolute atomic E-state index is 0.978. The van der Waals surface area contributed by atoms with Crippen LogP contribution in [-0.2, 0) is 6.54 Å². The zero-order valence-electron chi connectivity index (χ0n) is 14.7. The van der Waals surface area contributed by atoms with Gasteiger partial charge in [-0.3, -0.25) is 4.90 Å². The third-order valence-corrected chi connectivity index (χ3v) is 5.30. The lowest BCUT2D eigenvalue weighted by Crippen LogP contribution is -2.46. The molecule has 1 fully saturated rings. The molecule has 1 aliphatic rings. The fourth-order valence-electron chi connectivity index (χ4n) is 3.93. The van der Waals surface area contributed by atoms with Crippen molar-refractivity contribution in [2.75, 3.05) is 31.1 Å². The van der Waals surface area contributed by atoms with Crippen LogP contribution in [0.3, 0.4) is 0 Å². The van der Waals surface area contributed by atoms with Crippen molar-refractivity contribution < 1.29 is 0 Å². The van der Waals surface area contributed by atoms with Gasteiger partial charge in [0.05, 0.1) is 0 Å². The molecule has 0 spiro atoms. The second-order valence-corrected chi connectivity index (χ2v) is 7.00. The number of pyridine rings is 1. The number of benzene rings is 2. The molecule has 0 bridgehead atoms. The van der Waals surface area contributed by atoms with Gasteiger partial charge in [0.25, 0.3) is 0 Å². The highest BCUT2D eigenvalue weighted by Gasteiger charge is 2.20. The first-order chi connectivity index (χ1) is 12.9. The smallest absolute Gasteiger partial charge is 0.136 e. The third-order valence-electron chi connectivity index (χ3n) is 5.30. The summed E-state index contributed by atoms with van der Waals surface area (Å²) in [6.07, 6.45) is 1.93. The van der Waals surface area contributed by atoms with Crippen molar-refractivity contribution in [3.05, 3.63) is 72.6 Å². The molecule has 1 saturated heterocycles. The number of rotatable bonds is 3. The van der Waals surface area contributed by atoms with Crippen molar-refractivity contribution in [2.45, 2.75) is 6.54 Å². The van der Waals surface area contributed by atoms with E-state index in [0.717, 1.165) is 38.5 Å². The van der Waals surface area contributed by atoms with Crippen LogP contribution in [0.4, 0.5) is 5.82 Å². The van der Waals surface area contributed by atoms with E-state index < -0.39 is 0 Å². The van der Waals surface area contributed by atoms with E-state index in [0.29, 0.717) is 0 Å². The first-order valence-electron chi connectivity index (χ1n) is 9.24.